The Bertz CT molecular complexity index is 708. The maximum absolute atomic E-state index is 10.2. The van der Waals surface area contributed by atoms with Crippen molar-refractivity contribution in [3.8, 4) is 5.75 Å². The zero-order valence-corrected chi connectivity index (χ0v) is 15.2. The highest BCUT2D eigenvalue weighted by Crippen LogP contribution is 2.21. The van der Waals surface area contributed by atoms with Crippen molar-refractivity contribution in [2.24, 2.45) is 0 Å². The first-order valence-corrected chi connectivity index (χ1v) is 9.12. The molecule has 3 rings (SSSR count). The Morgan fingerprint density at radius 2 is 2.04 bits per heavy atom. The average Bonchev–Trinajstić information content (AvgIpc) is 2.96. The van der Waals surface area contributed by atoms with Crippen LogP contribution in [0.1, 0.15) is 5.56 Å². The molecule has 0 saturated carbocycles. The summed E-state index contributed by atoms with van der Waals surface area (Å²) in [4.78, 5) is 2.16. The maximum atomic E-state index is 10.2. The summed E-state index contributed by atoms with van der Waals surface area (Å²) in [5.74, 6) is 0.746. The number of aryl methyl sites for hydroxylation is 1. The topological polar surface area (TPSA) is 59.8 Å². The van der Waals surface area contributed by atoms with Crippen LogP contribution < -0.4 is 9.64 Å². The number of aliphatic hydroxyl groups excluding tert-OH is 1. The lowest BCUT2D eigenvalue weighted by molar-refractivity contribution is 0.0890. The molecule has 24 heavy (non-hydrogen) atoms. The van der Waals surface area contributed by atoms with Crippen molar-refractivity contribution in [2.75, 3.05) is 37.8 Å². The first-order valence-electron chi connectivity index (χ1n) is 7.90. The molecule has 1 atom stereocenters. The zero-order valence-electron chi connectivity index (χ0n) is 13.6. The van der Waals surface area contributed by atoms with Crippen LogP contribution in [0, 0.1) is 10.9 Å². The fourth-order valence-electron chi connectivity index (χ4n) is 2.37. The molecule has 1 aromatic heterocycles. The van der Waals surface area contributed by atoms with Crippen LogP contribution in [-0.4, -0.2) is 53.9 Å². The van der Waals surface area contributed by atoms with Crippen LogP contribution in [0.3, 0.4) is 0 Å². The summed E-state index contributed by atoms with van der Waals surface area (Å²) in [6, 6.07) is 7.75. The van der Waals surface area contributed by atoms with Crippen molar-refractivity contribution >= 4 is 28.7 Å². The van der Waals surface area contributed by atoms with Crippen molar-refractivity contribution < 1.29 is 14.6 Å². The van der Waals surface area contributed by atoms with E-state index in [1.807, 2.05) is 31.2 Å². The second-order valence-corrected chi connectivity index (χ2v) is 7.31. The van der Waals surface area contributed by atoms with Crippen LogP contribution in [0.25, 0.3) is 0 Å². The minimum Gasteiger partial charge on any atom is -0.491 e. The Kier molecular flexibility index (Phi) is 5.83. The molecule has 0 bridgehead atoms. The van der Waals surface area contributed by atoms with Gasteiger partial charge in [-0.25, -0.2) is 4.68 Å². The van der Waals surface area contributed by atoms with Crippen LogP contribution in [0.5, 0.6) is 5.75 Å². The van der Waals surface area contributed by atoms with Gasteiger partial charge in [-0.1, -0.05) is 29.0 Å². The van der Waals surface area contributed by atoms with Gasteiger partial charge >= 0.3 is 0 Å². The third-order valence-electron chi connectivity index (χ3n) is 3.72. The van der Waals surface area contributed by atoms with Gasteiger partial charge in [0.15, 0.2) is 3.95 Å². The van der Waals surface area contributed by atoms with E-state index in [1.165, 1.54) is 16.9 Å². The van der Waals surface area contributed by atoms with E-state index in [4.69, 9.17) is 21.7 Å². The summed E-state index contributed by atoms with van der Waals surface area (Å²) in [6.07, 6.45) is -0.669. The quantitative estimate of drug-likeness (QED) is 0.791. The number of rotatable bonds is 6. The highest BCUT2D eigenvalue weighted by atomic mass is 32.1. The predicted molar refractivity (Wildman–Crippen MR) is 96.7 cm³/mol. The highest BCUT2D eigenvalue weighted by molar-refractivity contribution is 7.73. The van der Waals surface area contributed by atoms with Crippen molar-refractivity contribution in [2.45, 2.75) is 19.6 Å². The molecule has 0 unspecified atom stereocenters. The monoisotopic (exact) mass is 367 g/mol. The zero-order chi connectivity index (χ0) is 16.9. The number of aromatic nitrogens is 2. The van der Waals surface area contributed by atoms with E-state index in [2.05, 4.69) is 10.00 Å². The summed E-state index contributed by atoms with van der Waals surface area (Å²) < 4.78 is 13.3. The van der Waals surface area contributed by atoms with Crippen molar-refractivity contribution in [1.82, 2.24) is 9.78 Å². The number of nitrogens with zero attached hydrogens (tertiary/aromatic N) is 3. The lowest BCUT2D eigenvalue weighted by Crippen LogP contribution is -2.36. The number of aliphatic hydroxyl groups is 1. The molecule has 1 aliphatic heterocycles. The van der Waals surface area contributed by atoms with Gasteiger partial charge in [0, 0.05) is 13.1 Å². The van der Waals surface area contributed by atoms with Gasteiger partial charge in [0.1, 0.15) is 18.5 Å². The second kappa shape index (κ2) is 8.06. The molecule has 1 saturated heterocycles. The van der Waals surface area contributed by atoms with E-state index in [0.29, 0.717) is 23.7 Å². The van der Waals surface area contributed by atoms with Crippen molar-refractivity contribution in [3.63, 3.8) is 0 Å². The molecule has 0 radical (unpaired) electrons. The van der Waals surface area contributed by atoms with E-state index in [-0.39, 0.29) is 6.61 Å². The van der Waals surface area contributed by atoms with E-state index >= 15 is 0 Å². The van der Waals surface area contributed by atoms with E-state index in [1.54, 1.807) is 4.68 Å². The van der Waals surface area contributed by atoms with Gasteiger partial charge in [-0.2, -0.15) is 0 Å². The van der Waals surface area contributed by atoms with Crippen LogP contribution in [-0.2, 0) is 11.3 Å². The SMILES string of the molecule is Cc1ccc(OC[C@@H](O)Cn2nc(N3CCOCC3)sc2=S)cc1. The van der Waals surface area contributed by atoms with E-state index in [9.17, 15) is 5.11 Å². The first kappa shape index (κ1) is 17.3. The normalized spacial score (nSPS) is 16.2. The molecule has 2 heterocycles. The molecule has 1 aromatic carbocycles. The fraction of sp³-hybridized carbons (Fsp3) is 0.500. The highest BCUT2D eigenvalue weighted by Gasteiger charge is 2.17. The lowest BCUT2D eigenvalue weighted by atomic mass is 10.2. The van der Waals surface area contributed by atoms with Crippen LogP contribution in [0.4, 0.5) is 5.13 Å². The van der Waals surface area contributed by atoms with Gasteiger partial charge in [-0.15, -0.1) is 5.10 Å². The smallest absolute Gasteiger partial charge is 0.207 e. The Morgan fingerprint density at radius 3 is 2.75 bits per heavy atom. The molecule has 0 aliphatic carbocycles. The summed E-state index contributed by atoms with van der Waals surface area (Å²) in [5, 5.41) is 15.6. The molecule has 0 spiro atoms. The summed E-state index contributed by atoms with van der Waals surface area (Å²) in [7, 11) is 0. The van der Waals surface area contributed by atoms with Gasteiger partial charge in [0.2, 0.25) is 5.13 Å². The number of benzene rings is 1. The van der Waals surface area contributed by atoms with Crippen LogP contribution in [0.15, 0.2) is 24.3 Å². The first-order chi connectivity index (χ1) is 11.6. The third-order valence-corrected chi connectivity index (χ3v) is 5.09. The molecule has 1 N–H and O–H groups in total. The molecule has 2 aromatic rings. The van der Waals surface area contributed by atoms with Gasteiger partial charge in [0.05, 0.1) is 19.8 Å². The average molecular weight is 367 g/mol. The number of morpholine rings is 1. The summed E-state index contributed by atoms with van der Waals surface area (Å²) in [5.41, 5.74) is 1.17. The summed E-state index contributed by atoms with van der Waals surface area (Å²) in [6.45, 7) is 5.61. The molecule has 1 aliphatic rings. The van der Waals surface area contributed by atoms with Crippen molar-refractivity contribution in [3.05, 3.63) is 33.8 Å². The van der Waals surface area contributed by atoms with Crippen molar-refractivity contribution in [1.29, 1.82) is 0 Å². The maximum Gasteiger partial charge on any atom is 0.207 e. The molecule has 1 fully saturated rings. The van der Waals surface area contributed by atoms with Crippen LogP contribution >= 0.6 is 23.6 Å². The predicted octanol–water partition coefficient (Wildman–Crippen LogP) is 2.26. The standard InChI is InChI=1S/C16H21N3O3S2/c1-12-2-4-14(5-3-12)22-11-13(20)10-19-16(23)24-15(17-19)18-6-8-21-9-7-18/h2-5,13,20H,6-11H2,1H3/t13-/m0/s1. The largest absolute Gasteiger partial charge is 0.491 e. The molecule has 130 valence electrons. The molecule has 0 amide bonds. The van der Waals surface area contributed by atoms with Gasteiger partial charge < -0.3 is 19.5 Å². The number of anilines is 1. The Hall–Kier alpha value is -1.48. The lowest BCUT2D eigenvalue weighted by Gasteiger charge is -2.25. The number of hydrogen-bond acceptors (Lipinski definition) is 7. The van der Waals surface area contributed by atoms with Crippen LogP contribution in [0.2, 0.25) is 0 Å². The molecule has 8 heteroatoms. The van der Waals surface area contributed by atoms with Gasteiger partial charge in [-0.05, 0) is 31.3 Å². The Balaban J connectivity index is 1.55. The summed E-state index contributed by atoms with van der Waals surface area (Å²) >= 11 is 6.83. The molecule has 6 nitrogen and oxygen atoms in total. The second-order valence-electron chi connectivity index (χ2n) is 5.71. The Labute approximate surface area is 150 Å². The number of ether oxygens (including phenoxy) is 2. The fourth-order valence-corrected chi connectivity index (χ4v) is 3.54. The van der Waals surface area contributed by atoms with Gasteiger partial charge in [0.25, 0.3) is 0 Å². The minimum atomic E-state index is -0.669. The third kappa shape index (κ3) is 4.54. The minimum absolute atomic E-state index is 0.204. The molecular weight excluding hydrogens is 346 g/mol. The van der Waals surface area contributed by atoms with E-state index < -0.39 is 6.10 Å². The molecular formula is C16H21N3O3S2. The Morgan fingerprint density at radius 1 is 1.33 bits per heavy atom. The van der Waals surface area contributed by atoms with E-state index in [0.717, 1.165) is 24.0 Å². The van der Waals surface area contributed by atoms with Gasteiger partial charge in [-0.3, -0.25) is 0 Å². The number of hydrogen-bond donors (Lipinski definition) is 1.